The van der Waals surface area contributed by atoms with Crippen LogP contribution in [0.25, 0.3) is 6.08 Å². The zero-order valence-electron chi connectivity index (χ0n) is 18.3. The zero-order chi connectivity index (χ0) is 22.1. The molecule has 0 saturated carbocycles. The van der Waals surface area contributed by atoms with E-state index in [1.54, 1.807) is 19.3 Å². The van der Waals surface area contributed by atoms with E-state index in [-0.39, 0.29) is 5.78 Å². The van der Waals surface area contributed by atoms with E-state index >= 15 is 0 Å². The van der Waals surface area contributed by atoms with Crippen LogP contribution >= 0.6 is 0 Å². The Hall–Kier alpha value is -3.57. The van der Waals surface area contributed by atoms with Crippen LogP contribution in [0.5, 0.6) is 17.2 Å². The summed E-state index contributed by atoms with van der Waals surface area (Å²) in [6.07, 6.45) is 2.65. The number of hydrogen-bond acceptors (Lipinski definition) is 5. The van der Waals surface area contributed by atoms with E-state index in [4.69, 9.17) is 14.2 Å². The van der Waals surface area contributed by atoms with Gasteiger partial charge in [-0.05, 0) is 48.7 Å². The number of ether oxygens (including phenoxy) is 3. The Kier molecular flexibility index (Phi) is 5.41. The van der Waals surface area contributed by atoms with Gasteiger partial charge in [0.25, 0.3) is 0 Å². The van der Waals surface area contributed by atoms with Gasteiger partial charge in [-0.25, -0.2) is 0 Å². The highest BCUT2D eigenvalue weighted by atomic mass is 16.5. The van der Waals surface area contributed by atoms with Crippen LogP contribution in [0.3, 0.4) is 0 Å². The lowest BCUT2D eigenvalue weighted by Crippen LogP contribution is -2.33. The van der Waals surface area contributed by atoms with Gasteiger partial charge in [0.15, 0.2) is 5.76 Å². The Morgan fingerprint density at radius 2 is 1.88 bits per heavy atom. The molecule has 0 radical (unpaired) electrons. The van der Waals surface area contributed by atoms with E-state index < -0.39 is 0 Å². The number of ketones is 1. The van der Waals surface area contributed by atoms with Crippen LogP contribution in [0.1, 0.15) is 32.6 Å². The topological polar surface area (TPSA) is 48.0 Å². The van der Waals surface area contributed by atoms with Gasteiger partial charge in [-0.1, -0.05) is 48.0 Å². The van der Waals surface area contributed by atoms with Crippen LogP contribution < -0.4 is 14.2 Å². The van der Waals surface area contributed by atoms with Crippen molar-refractivity contribution < 1.29 is 19.0 Å². The normalized spacial score (nSPS) is 16.3. The fourth-order valence-electron chi connectivity index (χ4n) is 4.15. The van der Waals surface area contributed by atoms with Gasteiger partial charge in [0.05, 0.1) is 18.2 Å². The van der Waals surface area contributed by atoms with Gasteiger partial charge in [0, 0.05) is 13.1 Å². The first-order valence-electron chi connectivity index (χ1n) is 10.8. The second-order valence-corrected chi connectivity index (χ2v) is 8.16. The average Bonchev–Trinajstić information content (AvgIpc) is 3.15. The third-order valence-corrected chi connectivity index (χ3v) is 5.95. The number of methoxy groups -OCH3 is 1. The molecule has 0 fully saturated rings. The minimum atomic E-state index is -0.0884. The molecule has 3 aromatic rings. The molecule has 2 aliphatic heterocycles. The summed E-state index contributed by atoms with van der Waals surface area (Å²) in [6.45, 7) is 4.01. The quantitative estimate of drug-likeness (QED) is 0.536. The summed E-state index contributed by atoms with van der Waals surface area (Å²) in [5.74, 6) is 2.55. The second-order valence-electron chi connectivity index (χ2n) is 8.16. The number of rotatable bonds is 5. The molecule has 5 rings (SSSR count). The van der Waals surface area contributed by atoms with Crippen molar-refractivity contribution in [2.24, 2.45) is 0 Å². The predicted octanol–water partition coefficient (Wildman–Crippen LogP) is 5.01. The van der Waals surface area contributed by atoms with E-state index in [1.165, 1.54) is 5.56 Å². The van der Waals surface area contributed by atoms with Gasteiger partial charge in [0.2, 0.25) is 5.78 Å². The number of hydrogen-bond donors (Lipinski definition) is 0. The Balaban J connectivity index is 1.35. The molecule has 0 saturated heterocycles. The predicted molar refractivity (Wildman–Crippen MR) is 123 cm³/mol. The third kappa shape index (κ3) is 3.87. The Morgan fingerprint density at radius 3 is 2.69 bits per heavy atom. The maximum absolute atomic E-state index is 13.0. The van der Waals surface area contributed by atoms with Crippen LogP contribution in [0.15, 0.2) is 66.4 Å². The summed E-state index contributed by atoms with van der Waals surface area (Å²) in [5, 5.41) is 0. The lowest BCUT2D eigenvalue weighted by Gasteiger charge is -2.29. The molecule has 0 amide bonds. The van der Waals surface area contributed by atoms with Crippen molar-refractivity contribution in [3.8, 4) is 17.2 Å². The Bertz CT molecular complexity index is 1200. The van der Waals surface area contributed by atoms with Crippen molar-refractivity contribution in [2.45, 2.75) is 19.9 Å². The highest BCUT2D eigenvalue weighted by Crippen LogP contribution is 2.42. The summed E-state index contributed by atoms with van der Waals surface area (Å²) < 4.78 is 17.5. The smallest absolute Gasteiger partial charge is 0.231 e. The number of aryl methyl sites for hydroxylation is 1. The molecule has 32 heavy (non-hydrogen) atoms. The monoisotopic (exact) mass is 427 g/mol. The molecule has 2 aliphatic rings. The maximum atomic E-state index is 13.0. The van der Waals surface area contributed by atoms with E-state index in [1.807, 2.05) is 55.5 Å². The van der Waals surface area contributed by atoms with Gasteiger partial charge in [-0.15, -0.1) is 0 Å². The molecule has 0 aromatic heterocycles. The number of allylic oxidation sites excluding steroid dienone is 1. The summed E-state index contributed by atoms with van der Waals surface area (Å²) in [5.41, 5.74) is 4.80. The van der Waals surface area contributed by atoms with Crippen LogP contribution in [-0.4, -0.2) is 31.1 Å². The fraction of sp³-hybridized carbons (Fsp3) is 0.222. The molecule has 0 atom stereocenters. The van der Waals surface area contributed by atoms with Gasteiger partial charge in [0.1, 0.15) is 24.0 Å². The minimum Gasteiger partial charge on any atom is -0.496 e. The number of fused-ring (bicyclic) bond motifs is 3. The van der Waals surface area contributed by atoms with Crippen LogP contribution in [-0.2, 0) is 13.0 Å². The van der Waals surface area contributed by atoms with Gasteiger partial charge >= 0.3 is 0 Å². The first-order valence-corrected chi connectivity index (χ1v) is 10.8. The number of benzene rings is 3. The first kappa shape index (κ1) is 20.3. The van der Waals surface area contributed by atoms with Crippen LogP contribution in [0, 0.1) is 6.92 Å². The lowest BCUT2D eigenvalue weighted by molar-refractivity contribution is 0.0948. The molecular formula is C27H25NO4. The van der Waals surface area contributed by atoms with Crippen molar-refractivity contribution in [2.75, 3.05) is 20.4 Å². The van der Waals surface area contributed by atoms with Crippen LogP contribution in [0.2, 0.25) is 0 Å². The number of Topliss-reactive ketones (excluding diaryl/α,β-unsaturated/α-hetero) is 1. The first-order chi connectivity index (χ1) is 15.6. The summed E-state index contributed by atoms with van der Waals surface area (Å²) >= 11 is 0. The molecular weight excluding hydrogens is 402 g/mol. The van der Waals surface area contributed by atoms with Gasteiger partial charge in [-0.2, -0.15) is 0 Å². The Morgan fingerprint density at radius 1 is 1.06 bits per heavy atom. The molecule has 0 bridgehead atoms. The van der Waals surface area contributed by atoms with Gasteiger partial charge in [-0.3, -0.25) is 9.69 Å². The van der Waals surface area contributed by atoms with Crippen molar-refractivity contribution in [1.29, 1.82) is 0 Å². The number of carbonyl (C=O) groups excluding carboxylic acids is 1. The molecule has 162 valence electrons. The fourth-order valence-corrected chi connectivity index (χ4v) is 4.15. The van der Waals surface area contributed by atoms with Crippen molar-refractivity contribution in [3.05, 3.63) is 94.2 Å². The second kappa shape index (κ2) is 8.52. The number of nitrogens with zero attached hydrogens (tertiary/aromatic N) is 1. The summed E-state index contributed by atoms with van der Waals surface area (Å²) in [6, 6.07) is 19.8. The van der Waals surface area contributed by atoms with Crippen molar-refractivity contribution >= 4 is 11.9 Å². The van der Waals surface area contributed by atoms with Crippen molar-refractivity contribution in [1.82, 2.24) is 4.90 Å². The van der Waals surface area contributed by atoms with Gasteiger partial charge < -0.3 is 14.2 Å². The van der Waals surface area contributed by atoms with E-state index in [9.17, 15) is 4.79 Å². The number of para-hydroxylation sites is 1. The molecule has 5 heteroatoms. The van der Waals surface area contributed by atoms with E-state index in [0.717, 1.165) is 41.2 Å². The third-order valence-electron chi connectivity index (χ3n) is 5.95. The summed E-state index contributed by atoms with van der Waals surface area (Å²) in [4.78, 5) is 15.2. The molecule has 0 spiro atoms. The highest BCUT2D eigenvalue weighted by Gasteiger charge is 2.33. The highest BCUT2D eigenvalue weighted by molar-refractivity contribution is 6.15. The Labute approximate surface area is 187 Å². The molecule has 0 aliphatic carbocycles. The number of carbonyl (C=O) groups is 1. The molecule has 0 unspecified atom stereocenters. The van der Waals surface area contributed by atoms with Crippen LogP contribution in [0.4, 0.5) is 0 Å². The lowest BCUT2D eigenvalue weighted by atomic mass is 10.0. The largest absolute Gasteiger partial charge is 0.496 e. The minimum absolute atomic E-state index is 0.0884. The van der Waals surface area contributed by atoms with E-state index in [2.05, 4.69) is 11.0 Å². The maximum Gasteiger partial charge on any atom is 0.231 e. The zero-order valence-corrected chi connectivity index (χ0v) is 18.3. The average molecular weight is 428 g/mol. The summed E-state index contributed by atoms with van der Waals surface area (Å²) in [7, 11) is 1.69. The van der Waals surface area contributed by atoms with Crippen molar-refractivity contribution in [3.63, 3.8) is 0 Å². The SMILES string of the molecule is COc1ccccc1CCN1COc2ccc3c(c2C1)O/C(=C\c1ccc(C)cc1)C3=O. The molecule has 3 aromatic carbocycles. The molecule has 5 nitrogen and oxygen atoms in total. The standard InChI is InChI=1S/C27H25NO4/c1-18-7-9-19(10-8-18)15-25-26(29)21-11-12-24-22(27(21)32-25)16-28(17-31-24)14-13-20-5-3-4-6-23(20)30-2/h3-12,15H,13-14,16-17H2,1-2H3/b25-15-. The molecule has 2 heterocycles. The van der Waals surface area contributed by atoms with E-state index in [0.29, 0.717) is 30.3 Å². The molecule has 0 N–H and O–H groups in total.